The van der Waals surface area contributed by atoms with E-state index in [1.165, 1.54) is 14.0 Å². The number of ketones is 1. The first kappa shape index (κ1) is 14.4. The van der Waals surface area contributed by atoms with Gasteiger partial charge in [-0.05, 0) is 25.0 Å². The summed E-state index contributed by atoms with van der Waals surface area (Å²) in [4.78, 5) is 25.8. The van der Waals surface area contributed by atoms with Crippen LogP contribution >= 0.6 is 0 Å². The van der Waals surface area contributed by atoms with Gasteiger partial charge in [0.2, 0.25) is 5.91 Å². The molecule has 1 unspecified atom stereocenters. The molecule has 2 rings (SSSR count). The molecule has 1 atom stereocenters. The number of rotatable bonds is 4. The van der Waals surface area contributed by atoms with E-state index in [9.17, 15) is 9.59 Å². The molecular weight excluding hydrogens is 258 g/mol. The fourth-order valence-electron chi connectivity index (χ4n) is 2.60. The standard InChI is InChI=1S/C15H19NO4/c1-10(17)16-8-4-5-13(16)15(18)12-7-6-11(19-2)9-14(12)20-3/h6-7,9,13H,4-5,8H2,1-3H3. The summed E-state index contributed by atoms with van der Waals surface area (Å²) in [6.07, 6.45) is 1.56. The summed E-state index contributed by atoms with van der Waals surface area (Å²) in [5.41, 5.74) is 0.492. The molecular formula is C15H19NO4. The van der Waals surface area contributed by atoms with E-state index in [0.29, 0.717) is 30.0 Å². The van der Waals surface area contributed by atoms with Crippen molar-refractivity contribution in [2.75, 3.05) is 20.8 Å². The summed E-state index contributed by atoms with van der Waals surface area (Å²) >= 11 is 0. The van der Waals surface area contributed by atoms with E-state index < -0.39 is 0 Å². The van der Waals surface area contributed by atoms with Crippen molar-refractivity contribution in [1.29, 1.82) is 0 Å². The molecule has 1 aromatic carbocycles. The van der Waals surface area contributed by atoms with Crippen LogP contribution in [-0.4, -0.2) is 43.4 Å². The molecule has 1 aliphatic heterocycles. The number of amides is 1. The highest BCUT2D eigenvalue weighted by Gasteiger charge is 2.34. The van der Waals surface area contributed by atoms with E-state index in [4.69, 9.17) is 9.47 Å². The molecule has 1 aliphatic rings. The Kier molecular flexibility index (Phi) is 4.27. The van der Waals surface area contributed by atoms with Crippen LogP contribution in [0.5, 0.6) is 11.5 Å². The molecule has 0 radical (unpaired) electrons. The number of ether oxygens (including phenoxy) is 2. The molecule has 0 N–H and O–H groups in total. The molecule has 1 fully saturated rings. The molecule has 0 bridgehead atoms. The third-order valence-electron chi connectivity index (χ3n) is 3.63. The molecule has 1 saturated heterocycles. The Hall–Kier alpha value is -2.04. The highest BCUT2D eigenvalue weighted by molar-refractivity contribution is 6.04. The maximum atomic E-state index is 12.6. The Morgan fingerprint density at radius 2 is 2.00 bits per heavy atom. The molecule has 20 heavy (non-hydrogen) atoms. The quantitative estimate of drug-likeness (QED) is 0.789. The third-order valence-corrected chi connectivity index (χ3v) is 3.63. The fraction of sp³-hybridized carbons (Fsp3) is 0.467. The predicted octanol–water partition coefficient (Wildman–Crippen LogP) is 1.90. The Balaban J connectivity index is 2.31. The van der Waals surface area contributed by atoms with Crippen molar-refractivity contribution in [2.24, 2.45) is 0 Å². The minimum Gasteiger partial charge on any atom is -0.497 e. The van der Waals surface area contributed by atoms with Gasteiger partial charge in [-0.2, -0.15) is 0 Å². The van der Waals surface area contributed by atoms with Gasteiger partial charge in [-0.1, -0.05) is 0 Å². The molecule has 1 amide bonds. The van der Waals surface area contributed by atoms with E-state index in [1.807, 2.05) is 0 Å². The number of hydrogen-bond donors (Lipinski definition) is 0. The Morgan fingerprint density at radius 1 is 1.25 bits per heavy atom. The van der Waals surface area contributed by atoms with Crippen molar-refractivity contribution in [3.05, 3.63) is 23.8 Å². The first-order chi connectivity index (χ1) is 9.58. The van der Waals surface area contributed by atoms with Crippen molar-refractivity contribution in [1.82, 2.24) is 4.90 Å². The molecule has 1 heterocycles. The van der Waals surface area contributed by atoms with E-state index in [1.54, 1.807) is 30.2 Å². The monoisotopic (exact) mass is 277 g/mol. The minimum atomic E-state index is -0.380. The van der Waals surface area contributed by atoms with Crippen LogP contribution in [-0.2, 0) is 4.79 Å². The number of likely N-dealkylation sites (tertiary alicyclic amines) is 1. The zero-order valence-electron chi connectivity index (χ0n) is 12.0. The fourth-order valence-corrected chi connectivity index (χ4v) is 2.60. The molecule has 5 heteroatoms. The SMILES string of the molecule is COc1ccc(C(=O)C2CCCN2C(C)=O)c(OC)c1. The maximum absolute atomic E-state index is 12.6. The summed E-state index contributed by atoms with van der Waals surface area (Å²) in [7, 11) is 3.08. The molecule has 0 saturated carbocycles. The van der Waals surface area contributed by atoms with Crippen LogP contribution in [0.15, 0.2) is 18.2 Å². The summed E-state index contributed by atoms with van der Waals surface area (Å²) in [6.45, 7) is 2.14. The average molecular weight is 277 g/mol. The second-order valence-corrected chi connectivity index (χ2v) is 4.80. The zero-order chi connectivity index (χ0) is 14.7. The second kappa shape index (κ2) is 5.94. The van der Waals surface area contributed by atoms with Gasteiger partial charge in [0.05, 0.1) is 25.8 Å². The van der Waals surface area contributed by atoms with Crippen molar-refractivity contribution < 1.29 is 19.1 Å². The van der Waals surface area contributed by atoms with Crippen LogP contribution in [0.2, 0.25) is 0 Å². The summed E-state index contributed by atoms with van der Waals surface area (Å²) in [5.74, 6) is 0.975. The molecule has 108 valence electrons. The number of benzene rings is 1. The van der Waals surface area contributed by atoms with Gasteiger partial charge in [0, 0.05) is 19.5 Å². The minimum absolute atomic E-state index is 0.0617. The van der Waals surface area contributed by atoms with Gasteiger partial charge >= 0.3 is 0 Å². The summed E-state index contributed by atoms with van der Waals surface area (Å²) in [5, 5.41) is 0. The van der Waals surface area contributed by atoms with E-state index >= 15 is 0 Å². The number of carbonyl (C=O) groups excluding carboxylic acids is 2. The lowest BCUT2D eigenvalue weighted by Gasteiger charge is -2.22. The van der Waals surface area contributed by atoms with Crippen molar-refractivity contribution >= 4 is 11.7 Å². The van der Waals surface area contributed by atoms with Gasteiger partial charge in [0.1, 0.15) is 11.5 Å². The van der Waals surface area contributed by atoms with Crippen LogP contribution in [0.4, 0.5) is 0 Å². The van der Waals surface area contributed by atoms with Gasteiger partial charge < -0.3 is 14.4 Å². The number of nitrogens with zero attached hydrogens (tertiary/aromatic N) is 1. The zero-order valence-corrected chi connectivity index (χ0v) is 12.0. The van der Waals surface area contributed by atoms with E-state index in [-0.39, 0.29) is 17.7 Å². The van der Waals surface area contributed by atoms with Gasteiger partial charge in [0.15, 0.2) is 5.78 Å². The Bertz CT molecular complexity index is 527. The number of carbonyl (C=O) groups is 2. The predicted molar refractivity (Wildman–Crippen MR) is 74.3 cm³/mol. The van der Waals surface area contributed by atoms with Crippen LogP contribution < -0.4 is 9.47 Å². The van der Waals surface area contributed by atoms with Gasteiger partial charge in [0.25, 0.3) is 0 Å². The lowest BCUT2D eigenvalue weighted by molar-refractivity contribution is -0.128. The average Bonchev–Trinajstić information content (AvgIpc) is 2.95. The first-order valence-corrected chi connectivity index (χ1v) is 6.62. The number of hydrogen-bond acceptors (Lipinski definition) is 4. The van der Waals surface area contributed by atoms with Gasteiger partial charge in [-0.25, -0.2) is 0 Å². The largest absolute Gasteiger partial charge is 0.497 e. The Labute approximate surface area is 118 Å². The van der Waals surface area contributed by atoms with Crippen molar-refractivity contribution in [3.63, 3.8) is 0 Å². The van der Waals surface area contributed by atoms with Crippen LogP contribution in [0.25, 0.3) is 0 Å². The summed E-state index contributed by atoms with van der Waals surface area (Å²) < 4.78 is 10.4. The van der Waals surface area contributed by atoms with Gasteiger partial charge in [-0.3, -0.25) is 9.59 Å². The van der Waals surface area contributed by atoms with Crippen molar-refractivity contribution in [2.45, 2.75) is 25.8 Å². The Morgan fingerprint density at radius 3 is 2.60 bits per heavy atom. The topological polar surface area (TPSA) is 55.8 Å². The summed E-state index contributed by atoms with van der Waals surface area (Å²) in [6, 6.07) is 4.72. The lowest BCUT2D eigenvalue weighted by Crippen LogP contribution is -2.39. The number of methoxy groups -OCH3 is 2. The third kappa shape index (κ3) is 2.61. The first-order valence-electron chi connectivity index (χ1n) is 6.62. The smallest absolute Gasteiger partial charge is 0.220 e. The highest BCUT2D eigenvalue weighted by Crippen LogP contribution is 2.29. The van der Waals surface area contributed by atoms with E-state index in [0.717, 1.165) is 6.42 Å². The van der Waals surface area contributed by atoms with E-state index in [2.05, 4.69) is 0 Å². The molecule has 0 spiro atoms. The molecule has 5 nitrogen and oxygen atoms in total. The lowest BCUT2D eigenvalue weighted by atomic mass is 10.0. The highest BCUT2D eigenvalue weighted by atomic mass is 16.5. The number of Topliss-reactive ketones (excluding diaryl/α,β-unsaturated/α-hetero) is 1. The molecule has 0 aromatic heterocycles. The normalized spacial score (nSPS) is 17.9. The second-order valence-electron chi connectivity index (χ2n) is 4.80. The maximum Gasteiger partial charge on any atom is 0.220 e. The van der Waals surface area contributed by atoms with Gasteiger partial charge in [-0.15, -0.1) is 0 Å². The van der Waals surface area contributed by atoms with Crippen molar-refractivity contribution in [3.8, 4) is 11.5 Å². The molecule has 0 aliphatic carbocycles. The van der Waals surface area contributed by atoms with Crippen LogP contribution in [0.1, 0.15) is 30.1 Å². The van der Waals surface area contributed by atoms with Crippen LogP contribution in [0, 0.1) is 0 Å². The molecule has 1 aromatic rings. The van der Waals surface area contributed by atoms with Crippen LogP contribution in [0.3, 0.4) is 0 Å².